The standard InChI is InChI=1S/C18H24N4O/c1-20(13-16-7-3-2-4-8-16)15-18(23)21-11-5-9-17(14-21)22-12-6-10-19-22/h2-4,6-8,10,12,17H,5,9,11,13-15H2,1H3/t17-/m1/s1. The van der Waals surface area contributed by atoms with Crippen molar-refractivity contribution in [2.24, 2.45) is 0 Å². The van der Waals surface area contributed by atoms with Crippen molar-refractivity contribution >= 4 is 5.91 Å². The Hall–Kier alpha value is -2.14. The number of aromatic nitrogens is 2. The third-order valence-corrected chi connectivity index (χ3v) is 4.35. The van der Waals surface area contributed by atoms with Crippen LogP contribution in [-0.4, -0.2) is 52.2 Å². The van der Waals surface area contributed by atoms with Gasteiger partial charge in [-0.3, -0.25) is 14.4 Å². The predicted molar refractivity (Wildman–Crippen MR) is 89.9 cm³/mol. The van der Waals surface area contributed by atoms with Crippen LogP contribution in [0, 0.1) is 0 Å². The number of likely N-dealkylation sites (tertiary alicyclic amines) is 1. The summed E-state index contributed by atoms with van der Waals surface area (Å²) in [7, 11) is 2.00. The Kier molecular flexibility index (Phi) is 5.08. The number of carbonyl (C=O) groups excluding carboxylic acids is 1. The first-order valence-corrected chi connectivity index (χ1v) is 8.22. The summed E-state index contributed by atoms with van der Waals surface area (Å²) >= 11 is 0. The lowest BCUT2D eigenvalue weighted by molar-refractivity contribution is -0.133. The summed E-state index contributed by atoms with van der Waals surface area (Å²) in [6, 6.07) is 12.5. The van der Waals surface area contributed by atoms with Crippen LogP contribution in [0.25, 0.3) is 0 Å². The summed E-state index contributed by atoms with van der Waals surface area (Å²) in [4.78, 5) is 16.6. The highest BCUT2D eigenvalue weighted by atomic mass is 16.2. The Labute approximate surface area is 137 Å². The van der Waals surface area contributed by atoms with Crippen LogP contribution in [0.15, 0.2) is 48.8 Å². The molecule has 0 radical (unpaired) electrons. The highest BCUT2D eigenvalue weighted by Gasteiger charge is 2.25. The molecule has 2 heterocycles. The molecule has 0 N–H and O–H groups in total. The minimum Gasteiger partial charge on any atom is -0.339 e. The molecule has 1 aromatic heterocycles. The van der Waals surface area contributed by atoms with Crippen molar-refractivity contribution in [2.75, 3.05) is 26.7 Å². The number of carbonyl (C=O) groups is 1. The second kappa shape index (κ2) is 7.42. The van der Waals surface area contributed by atoms with E-state index in [4.69, 9.17) is 0 Å². The van der Waals surface area contributed by atoms with Gasteiger partial charge in [-0.05, 0) is 31.5 Å². The average Bonchev–Trinajstić information content (AvgIpc) is 3.10. The van der Waals surface area contributed by atoms with Gasteiger partial charge in [0.15, 0.2) is 0 Å². The fourth-order valence-corrected chi connectivity index (χ4v) is 3.18. The van der Waals surface area contributed by atoms with E-state index in [1.54, 1.807) is 6.20 Å². The molecule has 122 valence electrons. The molecule has 5 nitrogen and oxygen atoms in total. The van der Waals surface area contributed by atoms with Crippen molar-refractivity contribution in [2.45, 2.75) is 25.4 Å². The maximum Gasteiger partial charge on any atom is 0.236 e. The maximum absolute atomic E-state index is 12.6. The van der Waals surface area contributed by atoms with Crippen LogP contribution in [0.3, 0.4) is 0 Å². The molecule has 1 fully saturated rings. The van der Waals surface area contributed by atoms with Crippen LogP contribution in [0.1, 0.15) is 24.4 Å². The van der Waals surface area contributed by atoms with E-state index in [1.807, 2.05) is 47.1 Å². The lowest BCUT2D eigenvalue weighted by Crippen LogP contribution is -2.44. The lowest BCUT2D eigenvalue weighted by atomic mass is 10.1. The molecule has 0 spiro atoms. The van der Waals surface area contributed by atoms with Gasteiger partial charge in [-0.25, -0.2) is 0 Å². The fraction of sp³-hybridized carbons (Fsp3) is 0.444. The van der Waals surface area contributed by atoms with Crippen molar-refractivity contribution in [3.8, 4) is 0 Å². The summed E-state index contributed by atoms with van der Waals surface area (Å²) in [5, 5.41) is 4.32. The van der Waals surface area contributed by atoms with Crippen LogP contribution >= 0.6 is 0 Å². The summed E-state index contributed by atoms with van der Waals surface area (Å²) in [5.41, 5.74) is 1.23. The molecule has 23 heavy (non-hydrogen) atoms. The number of piperidine rings is 1. The molecule has 1 saturated heterocycles. The van der Waals surface area contributed by atoms with E-state index >= 15 is 0 Å². The van der Waals surface area contributed by atoms with Gasteiger partial charge in [0.25, 0.3) is 0 Å². The Morgan fingerprint density at radius 3 is 2.87 bits per heavy atom. The minimum atomic E-state index is 0.209. The zero-order chi connectivity index (χ0) is 16.1. The van der Waals surface area contributed by atoms with Crippen LogP contribution in [0.5, 0.6) is 0 Å². The van der Waals surface area contributed by atoms with E-state index < -0.39 is 0 Å². The average molecular weight is 312 g/mol. The summed E-state index contributed by atoms with van der Waals surface area (Å²) < 4.78 is 1.98. The van der Waals surface area contributed by atoms with Gasteiger partial charge in [-0.1, -0.05) is 30.3 Å². The first-order chi connectivity index (χ1) is 11.2. The molecule has 1 aliphatic heterocycles. The third-order valence-electron chi connectivity index (χ3n) is 4.35. The van der Waals surface area contributed by atoms with E-state index in [0.717, 1.165) is 32.5 Å². The zero-order valence-electron chi connectivity index (χ0n) is 13.6. The molecule has 2 aromatic rings. The first kappa shape index (κ1) is 15.7. The number of rotatable bonds is 5. The predicted octanol–water partition coefficient (Wildman–Crippen LogP) is 2.18. The van der Waals surface area contributed by atoms with Gasteiger partial charge in [-0.2, -0.15) is 5.10 Å². The quantitative estimate of drug-likeness (QED) is 0.850. The zero-order valence-corrected chi connectivity index (χ0v) is 13.6. The van der Waals surface area contributed by atoms with Crippen LogP contribution in [0.4, 0.5) is 0 Å². The van der Waals surface area contributed by atoms with Crippen LogP contribution in [0.2, 0.25) is 0 Å². The molecular formula is C18H24N4O. The Morgan fingerprint density at radius 1 is 1.30 bits per heavy atom. The van der Waals surface area contributed by atoms with E-state index in [2.05, 4.69) is 22.1 Å². The van der Waals surface area contributed by atoms with Crippen LogP contribution in [-0.2, 0) is 11.3 Å². The van der Waals surface area contributed by atoms with Gasteiger partial charge in [-0.15, -0.1) is 0 Å². The second-order valence-electron chi connectivity index (χ2n) is 6.28. The molecule has 0 aliphatic carbocycles. The van der Waals surface area contributed by atoms with Gasteiger partial charge < -0.3 is 4.90 Å². The molecule has 1 aliphatic rings. The highest BCUT2D eigenvalue weighted by Crippen LogP contribution is 2.20. The number of benzene rings is 1. The number of hydrogen-bond acceptors (Lipinski definition) is 3. The monoisotopic (exact) mass is 312 g/mol. The van der Waals surface area contributed by atoms with Crippen molar-refractivity contribution < 1.29 is 4.79 Å². The third kappa shape index (κ3) is 4.20. The molecule has 1 atom stereocenters. The Bertz CT molecular complexity index is 611. The number of amides is 1. The normalized spacial score (nSPS) is 18.3. The molecule has 0 saturated carbocycles. The summed E-state index contributed by atoms with van der Waals surface area (Å²) in [6.45, 7) is 2.87. The van der Waals surface area contributed by atoms with Crippen molar-refractivity contribution in [1.29, 1.82) is 0 Å². The second-order valence-corrected chi connectivity index (χ2v) is 6.28. The van der Waals surface area contributed by atoms with Gasteiger partial charge >= 0.3 is 0 Å². The lowest BCUT2D eigenvalue weighted by Gasteiger charge is -2.34. The molecule has 0 unspecified atom stereocenters. The number of likely N-dealkylation sites (N-methyl/N-ethyl adjacent to an activating group) is 1. The Balaban J connectivity index is 1.53. The summed E-state index contributed by atoms with van der Waals surface area (Å²) in [5.74, 6) is 0.209. The molecule has 5 heteroatoms. The van der Waals surface area contributed by atoms with Gasteiger partial charge in [0.2, 0.25) is 5.91 Å². The number of nitrogens with zero attached hydrogens (tertiary/aromatic N) is 4. The molecular weight excluding hydrogens is 288 g/mol. The topological polar surface area (TPSA) is 41.4 Å². The molecule has 3 rings (SSSR count). The van der Waals surface area contributed by atoms with Gasteiger partial charge in [0, 0.05) is 32.0 Å². The molecule has 1 amide bonds. The van der Waals surface area contributed by atoms with E-state index in [1.165, 1.54) is 5.56 Å². The smallest absolute Gasteiger partial charge is 0.236 e. The van der Waals surface area contributed by atoms with E-state index in [9.17, 15) is 4.79 Å². The SMILES string of the molecule is CN(CC(=O)N1CCC[C@@H](n2cccn2)C1)Cc1ccccc1. The maximum atomic E-state index is 12.6. The van der Waals surface area contributed by atoms with Crippen molar-refractivity contribution in [3.63, 3.8) is 0 Å². The number of hydrogen-bond donors (Lipinski definition) is 0. The van der Waals surface area contributed by atoms with E-state index in [-0.39, 0.29) is 5.91 Å². The Morgan fingerprint density at radius 2 is 2.13 bits per heavy atom. The largest absolute Gasteiger partial charge is 0.339 e. The van der Waals surface area contributed by atoms with Crippen molar-refractivity contribution in [1.82, 2.24) is 19.6 Å². The first-order valence-electron chi connectivity index (χ1n) is 8.22. The minimum absolute atomic E-state index is 0.209. The highest BCUT2D eigenvalue weighted by molar-refractivity contribution is 5.78. The molecule has 0 bridgehead atoms. The summed E-state index contributed by atoms with van der Waals surface area (Å²) in [6.07, 6.45) is 5.92. The molecule has 1 aromatic carbocycles. The fourth-order valence-electron chi connectivity index (χ4n) is 3.18. The van der Waals surface area contributed by atoms with Crippen LogP contribution < -0.4 is 0 Å². The van der Waals surface area contributed by atoms with Gasteiger partial charge in [0.05, 0.1) is 12.6 Å². The van der Waals surface area contributed by atoms with Gasteiger partial charge in [0.1, 0.15) is 0 Å². The van der Waals surface area contributed by atoms with Crippen molar-refractivity contribution in [3.05, 3.63) is 54.4 Å². The van der Waals surface area contributed by atoms with E-state index in [0.29, 0.717) is 12.6 Å².